The van der Waals surface area contributed by atoms with E-state index in [4.69, 9.17) is 0 Å². The van der Waals surface area contributed by atoms with Crippen LogP contribution in [-0.4, -0.2) is 43.1 Å². The van der Waals surface area contributed by atoms with E-state index in [0.29, 0.717) is 30.8 Å². The van der Waals surface area contributed by atoms with Crippen LogP contribution in [0, 0.1) is 0 Å². The highest BCUT2D eigenvalue weighted by molar-refractivity contribution is 7.89. The van der Waals surface area contributed by atoms with Gasteiger partial charge >= 0.3 is 0 Å². The molecular formula is C15H24N2O3S. The summed E-state index contributed by atoms with van der Waals surface area (Å²) in [6.07, 6.45) is 1.97. The second-order valence-electron chi connectivity index (χ2n) is 5.85. The first-order chi connectivity index (χ1) is 9.85. The first-order valence-corrected chi connectivity index (χ1v) is 8.86. The summed E-state index contributed by atoms with van der Waals surface area (Å²) >= 11 is 0. The summed E-state index contributed by atoms with van der Waals surface area (Å²) < 4.78 is 26.6. The fourth-order valence-corrected chi connectivity index (χ4v) is 3.81. The van der Waals surface area contributed by atoms with Gasteiger partial charge in [-0.2, -0.15) is 4.31 Å². The van der Waals surface area contributed by atoms with Gasteiger partial charge in [0.1, 0.15) is 0 Å². The number of nitrogens with one attached hydrogen (secondary N) is 1. The van der Waals surface area contributed by atoms with Crippen molar-refractivity contribution in [3.05, 3.63) is 24.3 Å². The lowest BCUT2D eigenvalue weighted by molar-refractivity contribution is 0.0126. The lowest BCUT2D eigenvalue weighted by Crippen LogP contribution is -2.45. The highest BCUT2D eigenvalue weighted by atomic mass is 32.2. The average Bonchev–Trinajstić information content (AvgIpc) is 2.45. The van der Waals surface area contributed by atoms with Crippen LogP contribution < -0.4 is 5.32 Å². The molecular weight excluding hydrogens is 288 g/mol. The smallest absolute Gasteiger partial charge is 0.243 e. The molecule has 21 heavy (non-hydrogen) atoms. The first kappa shape index (κ1) is 16.3. The zero-order chi connectivity index (χ0) is 15.5. The molecule has 0 saturated carbocycles. The number of sulfonamides is 1. The van der Waals surface area contributed by atoms with E-state index >= 15 is 0 Å². The van der Waals surface area contributed by atoms with Crippen molar-refractivity contribution in [3.63, 3.8) is 0 Å². The standard InChI is InChI=1S/C15H24N2O3S/c1-3-10-16-13-4-6-14(7-5-13)21(19,20)17-11-8-15(2,18)9-12-17/h4-7,16,18H,3,8-12H2,1-2H3. The number of piperidine rings is 1. The molecule has 0 unspecified atom stereocenters. The van der Waals surface area contributed by atoms with Crippen LogP contribution >= 0.6 is 0 Å². The van der Waals surface area contributed by atoms with Crippen LogP contribution in [0.5, 0.6) is 0 Å². The van der Waals surface area contributed by atoms with Crippen LogP contribution in [0.4, 0.5) is 5.69 Å². The molecule has 1 saturated heterocycles. The lowest BCUT2D eigenvalue weighted by atomic mass is 9.95. The third-order valence-electron chi connectivity index (χ3n) is 3.87. The first-order valence-electron chi connectivity index (χ1n) is 7.42. The van der Waals surface area contributed by atoms with Crippen molar-refractivity contribution in [2.75, 3.05) is 25.0 Å². The molecule has 2 N–H and O–H groups in total. The van der Waals surface area contributed by atoms with Gasteiger partial charge in [-0.15, -0.1) is 0 Å². The summed E-state index contributed by atoms with van der Waals surface area (Å²) in [6.45, 7) is 5.44. The molecule has 118 valence electrons. The Balaban J connectivity index is 2.09. The molecule has 1 heterocycles. The normalized spacial score (nSPS) is 19.4. The van der Waals surface area contributed by atoms with Crippen LogP contribution in [0.3, 0.4) is 0 Å². The van der Waals surface area contributed by atoms with E-state index in [-0.39, 0.29) is 0 Å². The van der Waals surface area contributed by atoms with Crippen molar-refractivity contribution in [1.29, 1.82) is 0 Å². The maximum atomic E-state index is 12.5. The van der Waals surface area contributed by atoms with Gasteiger partial charge in [-0.25, -0.2) is 8.42 Å². The van der Waals surface area contributed by atoms with Crippen molar-refractivity contribution < 1.29 is 13.5 Å². The maximum absolute atomic E-state index is 12.5. The average molecular weight is 312 g/mol. The summed E-state index contributed by atoms with van der Waals surface area (Å²) in [7, 11) is -3.46. The van der Waals surface area contributed by atoms with E-state index in [9.17, 15) is 13.5 Å². The lowest BCUT2D eigenvalue weighted by Gasteiger charge is -2.34. The molecule has 5 nitrogen and oxygen atoms in total. The number of nitrogens with zero attached hydrogens (tertiary/aromatic N) is 1. The zero-order valence-electron chi connectivity index (χ0n) is 12.7. The van der Waals surface area contributed by atoms with Crippen LogP contribution in [0.1, 0.15) is 33.1 Å². The second-order valence-corrected chi connectivity index (χ2v) is 7.79. The van der Waals surface area contributed by atoms with E-state index in [0.717, 1.165) is 18.7 Å². The molecule has 0 amide bonds. The molecule has 0 aromatic heterocycles. The Labute approximate surface area is 127 Å². The van der Waals surface area contributed by atoms with E-state index in [1.54, 1.807) is 31.2 Å². The van der Waals surface area contributed by atoms with Gasteiger partial charge in [-0.1, -0.05) is 6.92 Å². The van der Waals surface area contributed by atoms with Gasteiger partial charge in [-0.05, 0) is 50.5 Å². The van der Waals surface area contributed by atoms with Crippen LogP contribution in [0.15, 0.2) is 29.2 Å². The van der Waals surface area contributed by atoms with Gasteiger partial charge < -0.3 is 10.4 Å². The number of rotatable bonds is 5. The molecule has 0 atom stereocenters. The number of aliphatic hydroxyl groups is 1. The summed E-state index contributed by atoms with van der Waals surface area (Å²) in [5.41, 5.74) is 0.178. The molecule has 2 rings (SSSR count). The summed E-state index contributed by atoms with van der Waals surface area (Å²) in [5.74, 6) is 0. The third kappa shape index (κ3) is 3.96. The van der Waals surface area contributed by atoms with Gasteiger partial charge in [0.25, 0.3) is 0 Å². The minimum atomic E-state index is -3.46. The van der Waals surface area contributed by atoms with Gasteiger partial charge in [-0.3, -0.25) is 0 Å². The molecule has 1 aromatic rings. The quantitative estimate of drug-likeness (QED) is 0.873. The topological polar surface area (TPSA) is 69.6 Å². The van der Waals surface area contributed by atoms with E-state index in [1.807, 2.05) is 0 Å². The maximum Gasteiger partial charge on any atom is 0.243 e. The fraction of sp³-hybridized carbons (Fsp3) is 0.600. The highest BCUT2D eigenvalue weighted by Gasteiger charge is 2.33. The number of anilines is 1. The summed E-state index contributed by atoms with van der Waals surface area (Å²) in [5, 5.41) is 13.1. The summed E-state index contributed by atoms with van der Waals surface area (Å²) in [6, 6.07) is 6.87. The van der Waals surface area contributed by atoms with Crippen LogP contribution in [0.25, 0.3) is 0 Å². The monoisotopic (exact) mass is 312 g/mol. The Morgan fingerprint density at radius 3 is 2.33 bits per heavy atom. The van der Waals surface area contributed by atoms with Gasteiger partial charge in [0.15, 0.2) is 0 Å². The van der Waals surface area contributed by atoms with E-state index < -0.39 is 15.6 Å². The van der Waals surface area contributed by atoms with Gasteiger partial charge in [0.2, 0.25) is 10.0 Å². The molecule has 0 radical (unpaired) electrons. The molecule has 1 fully saturated rings. The Hall–Kier alpha value is -1.11. The minimum Gasteiger partial charge on any atom is -0.390 e. The SMILES string of the molecule is CCCNc1ccc(S(=O)(=O)N2CCC(C)(O)CC2)cc1. The van der Waals surface area contributed by atoms with Crippen molar-refractivity contribution >= 4 is 15.7 Å². The third-order valence-corrected chi connectivity index (χ3v) is 5.78. The molecule has 1 aromatic carbocycles. The predicted octanol–water partition coefficient (Wildman–Crippen LogP) is 2.04. The molecule has 0 bridgehead atoms. The van der Waals surface area contributed by atoms with Crippen LogP contribution in [0.2, 0.25) is 0 Å². The summed E-state index contributed by atoms with van der Waals surface area (Å²) in [4.78, 5) is 0.311. The van der Waals surface area contributed by atoms with Crippen molar-refractivity contribution in [2.45, 2.75) is 43.6 Å². The van der Waals surface area contributed by atoms with Crippen molar-refractivity contribution in [3.8, 4) is 0 Å². The number of hydrogen-bond acceptors (Lipinski definition) is 4. The Bertz CT molecular complexity index is 557. The van der Waals surface area contributed by atoms with E-state index in [2.05, 4.69) is 12.2 Å². The zero-order valence-corrected chi connectivity index (χ0v) is 13.5. The van der Waals surface area contributed by atoms with Gasteiger partial charge in [0, 0.05) is 25.3 Å². The number of hydrogen-bond donors (Lipinski definition) is 2. The Kier molecular flexibility index (Phi) is 4.91. The predicted molar refractivity (Wildman–Crippen MR) is 83.8 cm³/mol. The van der Waals surface area contributed by atoms with Gasteiger partial charge in [0.05, 0.1) is 10.5 Å². The highest BCUT2D eigenvalue weighted by Crippen LogP contribution is 2.26. The molecule has 0 aliphatic carbocycles. The van der Waals surface area contributed by atoms with E-state index in [1.165, 1.54) is 4.31 Å². The Morgan fingerprint density at radius 2 is 1.81 bits per heavy atom. The largest absolute Gasteiger partial charge is 0.390 e. The van der Waals surface area contributed by atoms with Crippen LogP contribution in [-0.2, 0) is 10.0 Å². The fourth-order valence-electron chi connectivity index (χ4n) is 2.37. The second kappa shape index (κ2) is 6.34. The molecule has 6 heteroatoms. The van der Waals surface area contributed by atoms with Crippen molar-refractivity contribution in [2.24, 2.45) is 0 Å². The molecule has 1 aliphatic heterocycles. The molecule has 0 spiro atoms. The molecule has 1 aliphatic rings. The van der Waals surface area contributed by atoms with Crippen molar-refractivity contribution in [1.82, 2.24) is 4.31 Å². The number of benzene rings is 1. The Morgan fingerprint density at radius 1 is 1.24 bits per heavy atom. The minimum absolute atomic E-state index is 0.311.